The van der Waals surface area contributed by atoms with Crippen LogP contribution in [0.2, 0.25) is 0 Å². The molecule has 2 aliphatic rings. The van der Waals surface area contributed by atoms with Gasteiger partial charge in [-0.2, -0.15) is 11.8 Å². The van der Waals surface area contributed by atoms with Crippen molar-refractivity contribution in [1.82, 2.24) is 10.6 Å². The molecule has 4 nitrogen and oxygen atoms in total. The van der Waals surface area contributed by atoms with Crippen molar-refractivity contribution in [3.63, 3.8) is 0 Å². The molecule has 0 amide bonds. The van der Waals surface area contributed by atoms with E-state index < -0.39 is 0 Å². The van der Waals surface area contributed by atoms with Crippen LogP contribution in [0, 0.1) is 0 Å². The molecule has 0 bridgehead atoms. The Hall–Kier alpha value is 0.310. The van der Waals surface area contributed by atoms with E-state index >= 15 is 0 Å². The van der Waals surface area contributed by atoms with Crippen molar-refractivity contribution in [3.05, 3.63) is 0 Å². The second-order valence-electron chi connectivity index (χ2n) is 6.65. The van der Waals surface area contributed by atoms with Crippen molar-refractivity contribution in [2.75, 3.05) is 32.0 Å². The van der Waals surface area contributed by atoms with E-state index in [2.05, 4.69) is 36.2 Å². The molecule has 2 N–H and O–H groups in total. The van der Waals surface area contributed by atoms with Gasteiger partial charge in [-0.25, -0.2) is 0 Å². The monoisotopic (exact) mass is 455 g/mol. The van der Waals surface area contributed by atoms with Crippen molar-refractivity contribution in [2.45, 2.75) is 69.6 Å². The maximum atomic E-state index is 5.90. The fraction of sp³-hybridized carbons (Fsp3) is 0.941. The lowest BCUT2D eigenvalue weighted by Crippen LogP contribution is -2.39. The highest BCUT2D eigenvalue weighted by Crippen LogP contribution is 2.37. The summed E-state index contributed by atoms with van der Waals surface area (Å²) < 4.78 is 6.24. The van der Waals surface area contributed by atoms with Gasteiger partial charge in [0.1, 0.15) is 0 Å². The van der Waals surface area contributed by atoms with Gasteiger partial charge in [0.25, 0.3) is 0 Å². The second kappa shape index (κ2) is 11.8. The fourth-order valence-electron chi connectivity index (χ4n) is 3.13. The van der Waals surface area contributed by atoms with Crippen molar-refractivity contribution < 1.29 is 4.74 Å². The predicted molar refractivity (Wildman–Crippen MR) is 112 cm³/mol. The maximum Gasteiger partial charge on any atom is 0.191 e. The summed E-state index contributed by atoms with van der Waals surface area (Å²) in [5.74, 6) is 2.24. The lowest BCUT2D eigenvalue weighted by molar-refractivity contribution is 0.0574. The Bertz CT molecular complexity index is 343. The highest BCUT2D eigenvalue weighted by Gasteiger charge is 2.29. The molecule has 0 spiro atoms. The minimum Gasteiger partial charge on any atom is -0.378 e. The molecule has 1 unspecified atom stereocenters. The molecule has 2 rings (SSSR count). The van der Waals surface area contributed by atoms with Gasteiger partial charge in [0.05, 0.1) is 12.6 Å². The van der Waals surface area contributed by atoms with Gasteiger partial charge in [0.2, 0.25) is 0 Å². The topological polar surface area (TPSA) is 45.7 Å². The molecule has 23 heavy (non-hydrogen) atoms. The minimum absolute atomic E-state index is 0. The molecular weight excluding hydrogens is 421 g/mol. The number of hydrogen-bond donors (Lipinski definition) is 2. The quantitative estimate of drug-likeness (QED) is 0.253. The molecule has 6 heteroatoms. The van der Waals surface area contributed by atoms with Gasteiger partial charge in [-0.1, -0.05) is 12.8 Å². The Kier molecular flexibility index (Phi) is 10.9. The van der Waals surface area contributed by atoms with E-state index in [-0.39, 0.29) is 24.0 Å². The summed E-state index contributed by atoms with van der Waals surface area (Å²) in [6, 6.07) is 0. The van der Waals surface area contributed by atoms with E-state index in [0.29, 0.717) is 10.9 Å². The number of rotatable bonds is 8. The van der Waals surface area contributed by atoms with E-state index in [0.717, 1.165) is 38.6 Å². The number of halogens is 1. The Morgan fingerprint density at radius 1 is 1.26 bits per heavy atom. The van der Waals surface area contributed by atoms with Crippen LogP contribution < -0.4 is 10.6 Å². The highest BCUT2D eigenvalue weighted by molar-refractivity contribution is 14.0. The molecule has 1 aliphatic heterocycles. The summed E-state index contributed by atoms with van der Waals surface area (Å²) in [4.78, 5) is 4.78. The van der Waals surface area contributed by atoms with E-state index in [4.69, 9.17) is 9.73 Å². The zero-order valence-electron chi connectivity index (χ0n) is 14.7. The number of nitrogens with one attached hydrogen (secondary N) is 2. The summed E-state index contributed by atoms with van der Waals surface area (Å²) in [5.41, 5.74) is 0. The average Bonchev–Trinajstić information content (AvgIpc) is 3.16. The molecule has 1 heterocycles. The first-order chi connectivity index (χ1) is 10.7. The van der Waals surface area contributed by atoms with E-state index in [1.54, 1.807) is 0 Å². The van der Waals surface area contributed by atoms with E-state index in [9.17, 15) is 0 Å². The third-order valence-electron chi connectivity index (χ3n) is 4.49. The van der Waals surface area contributed by atoms with Gasteiger partial charge >= 0.3 is 0 Å². The Labute approximate surface area is 163 Å². The van der Waals surface area contributed by atoms with Gasteiger partial charge < -0.3 is 15.4 Å². The van der Waals surface area contributed by atoms with Crippen LogP contribution in [-0.2, 0) is 4.74 Å². The van der Waals surface area contributed by atoms with Crippen molar-refractivity contribution in [2.24, 2.45) is 4.99 Å². The molecule has 2 fully saturated rings. The number of aliphatic imine (C=N–C) groups is 1. The van der Waals surface area contributed by atoms with Crippen molar-refractivity contribution >= 4 is 41.7 Å². The Morgan fingerprint density at radius 3 is 2.70 bits per heavy atom. The first-order valence-electron chi connectivity index (χ1n) is 8.99. The SMILES string of the molecule is CCNC(=NCC1(C)CCCS1)NCCCOC1CCCC1.I. The van der Waals surface area contributed by atoms with Gasteiger partial charge in [-0.05, 0) is 51.7 Å². The molecule has 0 aromatic rings. The normalized spacial score (nSPS) is 25.4. The molecule has 1 aliphatic carbocycles. The minimum atomic E-state index is 0. The summed E-state index contributed by atoms with van der Waals surface area (Å²) in [5, 5.41) is 6.78. The number of nitrogens with zero attached hydrogens (tertiary/aromatic N) is 1. The van der Waals surface area contributed by atoms with Crippen molar-refractivity contribution in [1.29, 1.82) is 0 Å². The third-order valence-corrected chi connectivity index (χ3v) is 6.01. The zero-order valence-corrected chi connectivity index (χ0v) is 17.9. The van der Waals surface area contributed by atoms with E-state index in [1.807, 2.05) is 0 Å². The van der Waals surface area contributed by atoms with Crippen molar-refractivity contribution in [3.8, 4) is 0 Å². The summed E-state index contributed by atoms with van der Waals surface area (Å²) >= 11 is 2.07. The van der Waals surface area contributed by atoms with Crippen LogP contribution in [0.25, 0.3) is 0 Å². The second-order valence-corrected chi connectivity index (χ2v) is 8.34. The molecule has 1 saturated carbocycles. The highest BCUT2D eigenvalue weighted by atomic mass is 127. The first kappa shape index (κ1) is 21.4. The first-order valence-corrected chi connectivity index (χ1v) is 9.98. The summed E-state index contributed by atoms with van der Waals surface area (Å²) in [6.07, 6.45) is 9.40. The standard InChI is InChI=1S/C17H33N3OS.HI/c1-3-18-16(20-14-17(2)10-6-13-22-17)19-11-7-12-21-15-8-4-5-9-15;/h15H,3-14H2,1-2H3,(H2,18,19,20);1H. The van der Waals surface area contributed by atoms with Gasteiger partial charge in [-0.15, -0.1) is 24.0 Å². The molecule has 1 atom stereocenters. The number of hydrogen-bond acceptors (Lipinski definition) is 3. The third kappa shape index (κ3) is 8.29. The molecule has 0 aromatic heterocycles. The van der Waals surface area contributed by atoms with Crippen LogP contribution in [0.4, 0.5) is 0 Å². The van der Waals surface area contributed by atoms with Crippen LogP contribution in [0.5, 0.6) is 0 Å². The largest absolute Gasteiger partial charge is 0.378 e. The van der Waals surface area contributed by atoms with Crippen LogP contribution >= 0.6 is 35.7 Å². The number of guanidine groups is 1. The van der Waals surface area contributed by atoms with Gasteiger partial charge in [0, 0.05) is 24.4 Å². The van der Waals surface area contributed by atoms with Crippen LogP contribution in [-0.4, -0.2) is 48.8 Å². The lowest BCUT2D eigenvalue weighted by Gasteiger charge is -2.21. The lowest BCUT2D eigenvalue weighted by atomic mass is 10.1. The predicted octanol–water partition coefficient (Wildman–Crippen LogP) is 3.79. The Morgan fingerprint density at radius 2 is 2.04 bits per heavy atom. The smallest absolute Gasteiger partial charge is 0.191 e. The molecule has 0 radical (unpaired) electrons. The molecule has 0 aromatic carbocycles. The number of thioether (sulfide) groups is 1. The number of ether oxygens (including phenoxy) is 1. The fourth-order valence-corrected chi connectivity index (χ4v) is 4.36. The summed E-state index contributed by atoms with van der Waals surface area (Å²) in [7, 11) is 0. The maximum absolute atomic E-state index is 5.90. The molecular formula is C17H34IN3OS. The average molecular weight is 455 g/mol. The Balaban J connectivity index is 0.00000264. The van der Waals surface area contributed by atoms with Gasteiger partial charge in [0.15, 0.2) is 5.96 Å². The van der Waals surface area contributed by atoms with E-state index in [1.165, 1.54) is 44.3 Å². The van der Waals surface area contributed by atoms with Gasteiger partial charge in [-0.3, -0.25) is 4.99 Å². The van der Waals surface area contributed by atoms with Crippen LogP contribution in [0.1, 0.15) is 58.8 Å². The summed E-state index contributed by atoms with van der Waals surface area (Å²) in [6.45, 7) is 8.08. The molecule has 1 saturated heterocycles. The van der Waals surface area contributed by atoms with Crippen LogP contribution in [0.3, 0.4) is 0 Å². The molecule has 136 valence electrons. The zero-order chi connectivity index (χ0) is 15.7. The van der Waals surface area contributed by atoms with Crippen LogP contribution in [0.15, 0.2) is 4.99 Å².